The third-order valence-corrected chi connectivity index (χ3v) is 7.24. The van der Waals surface area contributed by atoms with E-state index in [4.69, 9.17) is 0 Å². The highest BCUT2D eigenvalue weighted by atomic mass is 19.4. The molecule has 4 aromatic rings. The van der Waals surface area contributed by atoms with E-state index in [1.165, 1.54) is 18.5 Å². The van der Waals surface area contributed by atoms with E-state index in [0.717, 1.165) is 36.8 Å². The summed E-state index contributed by atoms with van der Waals surface area (Å²) in [7, 11) is 0. The predicted molar refractivity (Wildman–Crippen MR) is 154 cm³/mol. The van der Waals surface area contributed by atoms with Gasteiger partial charge in [-0.1, -0.05) is 19.1 Å². The maximum absolute atomic E-state index is 14.0. The standard InChI is InChI=1S/C30H31F3N8O/c1-3-40-10-12-41(13-11-40)18-22-6-7-24(15-25(22)30(31,32)33)37-28(42)21-5-4-20(2)27(14-21)39-29-36-9-8-26(38-29)23-16-34-19-35-17-23/h4-9,14-17,19H,3,10-13,18H2,1-2H3,(H,37,42)(H,36,38,39). The van der Waals surface area contributed by atoms with Crippen molar-refractivity contribution in [2.24, 2.45) is 0 Å². The summed E-state index contributed by atoms with van der Waals surface area (Å²) in [5.74, 6) is -0.232. The molecule has 0 spiro atoms. The lowest BCUT2D eigenvalue weighted by Crippen LogP contribution is -2.45. The van der Waals surface area contributed by atoms with E-state index in [1.54, 1.807) is 42.9 Å². The van der Waals surface area contributed by atoms with E-state index in [1.807, 2.05) is 11.8 Å². The Morgan fingerprint density at radius 3 is 2.43 bits per heavy atom. The fourth-order valence-electron chi connectivity index (χ4n) is 4.79. The second kappa shape index (κ2) is 12.6. The minimum absolute atomic E-state index is 0.0723. The summed E-state index contributed by atoms with van der Waals surface area (Å²) >= 11 is 0. The van der Waals surface area contributed by atoms with Crippen molar-refractivity contribution in [1.82, 2.24) is 29.7 Å². The van der Waals surface area contributed by atoms with Gasteiger partial charge in [-0.15, -0.1) is 0 Å². The number of anilines is 3. The van der Waals surface area contributed by atoms with Gasteiger partial charge in [-0.2, -0.15) is 13.2 Å². The molecule has 1 aliphatic heterocycles. The summed E-state index contributed by atoms with van der Waals surface area (Å²) in [4.78, 5) is 34.2. The van der Waals surface area contributed by atoms with Crippen molar-refractivity contribution in [3.63, 3.8) is 0 Å². The third kappa shape index (κ3) is 7.07. The number of carbonyl (C=O) groups excluding carboxylic acids is 1. The molecule has 1 fully saturated rings. The van der Waals surface area contributed by atoms with E-state index in [9.17, 15) is 18.0 Å². The van der Waals surface area contributed by atoms with E-state index < -0.39 is 17.6 Å². The highest BCUT2D eigenvalue weighted by molar-refractivity contribution is 6.05. The van der Waals surface area contributed by atoms with Crippen LogP contribution < -0.4 is 10.6 Å². The monoisotopic (exact) mass is 576 g/mol. The van der Waals surface area contributed by atoms with Crippen molar-refractivity contribution in [1.29, 1.82) is 0 Å². The van der Waals surface area contributed by atoms with Crippen LogP contribution in [0.3, 0.4) is 0 Å². The van der Waals surface area contributed by atoms with Crippen molar-refractivity contribution in [2.75, 3.05) is 43.4 Å². The average molecular weight is 577 g/mol. The molecule has 1 saturated heterocycles. The number of aromatic nitrogens is 4. The first-order chi connectivity index (χ1) is 20.2. The Balaban J connectivity index is 1.31. The molecule has 9 nitrogen and oxygen atoms in total. The van der Waals surface area contributed by atoms with Crippen LogP contribution in [0, 0.1) is 6.92 Å². The van der Waals surface area contributed by atoms with Crippen LogP contribution in [-0.4, -0.2) is 68.4 Å². The number of hydrogen-bond acceptors (Lipinski definition) is 8. The Hall–Kier alpha value is -4.42. The molecule has 5 rings (SSSR count). The van der Waals surface area contributed by atoms with Gasteiger partial charge >= 0.3 is 6.18 Å². The summed E-state index contributed by atoms with van der Waals surface area (Å²) in [6.07, 6.45) is 1.75. The highest BCUT2D eigenvalue weighted by Gasteiger charge is 2.34. The minimum atomic E-state index is -4.55. The molecule has 1 amide bonds. The van der Waals surface area contributed by atoms with Crippen LogP contribution in [-0.2, 0) is 12.7 Å². The summed E-state index contributed by atoms with van der Waals surface area (Å²) in [6.45, 7) is 8.15. The number of benzene rings is 2. The van der Waals surface area contributed by atoms with Crippen LogP contribution in [0.1, 0.15) is 34.0 Å². The van der Waals surface area contributed by atoms with Crippen molar-refractivity contribution >= 4 is 23.2 Å². The molecule has 2 aromatic heterocycles. The molecule has 2 N–H and O–H groups in total. The lowest BCUT2D eigenvalue weighted by Gasteiger charge is -2.34. The van der Waals surface area contributed by atoms with Crippen LogP contribution in [0.25, 0.3) is 11.3 Å². The number of likely N-dealkylation sites (N-methyl/N-ethyl adjacent to an activating group) is 1. The van der Waals surface area contributed by atoms with Gasteiger partial charge in [0.25, 0.3) is 5.91 Å². The third-order valence-electron chi connectivity index (χ3n) is 7.24. The van der Waals surface area contributed by atoms with Crippen molar-refractivity contribution in [3.8, 4) is 11.3 Å². The summed E-state index contributed by atoms with van der Waals surface area (Å²) in [5, 5.41) is 5.75. The van der Waals surface area contributed by atoms with Gasteiger partial charge in [0.2, 0.25) is 5.95 Å². The van der Waals surface area contributed by atoms with Crippen LogP contribution in [0.4, 0.5) is 30.5 Å². The smallest absolute Gasteiger partial charge is 0.324 e. The molecule has 2 aromatic carbocycles. The summed E-state index contributed by atoms with van der Waals surface area (Å²) < 4.78 is 42.1. The largest absolute Gasteiger partial charge is 0.416 e. The molecular formula is C30H31F3N8O. The maximum Gasteiger partial charge on any atom is 0.416 e. The van der Waals surface area contributed by atoms with Gasteiger partial charge in [0.1, 0.15) is 6.33 Å². The molecule has 1 aliphatic rings. The Labute approximate surface area is 241 Å². The average Bonchev–Trinajstić information content (AvgIpc) is 2.99. The number of alkyl halides is 3. The normalized spacial score (nSPS) is 14.5. The molecule has 42 heavy (non-hydrogen) atoms. The van der Waals surface area contributed by atoms with Gasteiger partial charge in [0, 0.05) is 73.8 Å². The van der Waals surface area contributed by atoms with E-state index in [2.05, 4.69) is 42.4 Å². The molecular weight excluding hydrogens is 545 g/mol. The zero-order chi connectivity index (χ0) is 29.7. The summed E-state index contributed by atoms with van der Waals surface area (Å²) in [5.41, 5.74) is 2.53. The van der Waals surface area contributed by atoms with Gasteiger partial charge in [-0.3, -0.25) is 9.69 Å². The predicted octanol–water partition coefficient (Wildman–Crippen LogP) is 5.39. The molecule has 0 atom stereocenters. The molecule has 0 radical (unpaired) electrons. The van der Waals surface area contributed by atoms with Crippen LogP contribution >= 0.6 is 0 Å². The quantitative estimate of drug-likeness (QED) is 0.288. The first kappa shape index (κ1) is 29.1. The Morgan fingerprint density at radius 2 is 1.71 bits per heavy atom. The second-order valence-corrected chi connectivity index (χ2v) is 10.1. The van der Waals surface area contributed by atoms with Crippen molar-refractivity contribution < 1.29 is 18.0 Å². The fourth-order valence-corrected chi connectivity index (χ4v) is 4.79. The van der Waals surface area contributed by atoms with E-state index >= 15 is 0 Å². The SMILES string of the molecule is CCN1CCN(Cc2ccc(NC(=O)c3ccc(C)c(Nc4nccc(-c5cncnc5)n4)c3)cc2C(F)(F)F)CC1. The second-order valence-electron chi connectivity index (χ2n) is 10.1. The molecule has 12 heteroatoms. The lowest BCUT2D eigenvalue weighted by atomic mass is 10.0. The van der Waals surface area contributed by atoms with E-state index in [-0.39, 0.29) is 23.4 Å². The number of nitrogens with one attached hydrogen (secondary N) is 2. The number of nitrogens with zero attached hydrogens (tertiary/aromatic N) is 6. The number of hydrogen-bond donors (Lipinski definition) is 2. The number of amides is 1. The molecule has 3 heterocycles. The number of rotatable bonds is 8. The fraction of sp³-hybridized carbons (Fsp3) is 0.300. The topological polar surface area (TPSA) is 99.2 Å². The number of aryl methyl sites for hydroxylation is 1. The Morgan fingerprint density at radius 1 is 0.976 bits per heavy atom. The van der Waals surface area contributed by atoms with Crippen molar-refractivity contribution in [2.45, 2.75) is 26.6 Å². The molecule has 0 bridgehead atoms. The Bertz CT molecular complexity index is 1540. The van der Waals surface area contributed by atoms with Crippen LogP contribution in [0.5, 0.6) is 0 Å². The number of piperazine rings is 1. The van der Waals surface area contributed by atoms with Gasteiger partial charge < -0.3 is 15.5 Å². The first-order valence-corrected chi connectivity index (χ1v) is 13.6. The molecule has 218 valence electrons. The van der Waals surface area contributed by atoms with Gasteiger partial charge in [0.05, 0.1) is 11.3 Å². The zero-order valence-electron chi connectivity index (χ0n) is 23.3. The lowest BCUT2D eigenvalue weighted by molar-refractivity contribution is -0.138. The van der Waals surface area contributed by atoms with E-state index in [0.29, 0.717) is 30.4 Å². The zero-order valence-corrected chi connectivity index (χ0v) is 23.3. The van der Waals surface area contributed by atoms with Crippen molar-refractivity contribution in [3.05, 3.63) is 89.6 Å². The van der Waals surface area contributed by atoms with Crippen LogP contribution in [0.2, 0.25) is 0 Å². The molecule has 0 unspecified atom stereocenters. The minimum Gasteiger partial charge on any atom is -0.324 e. The highest BCUT2D eigenvalue weighted by Crippen LogP contribution is 2.35. The van der Waals surface area contributed by atoms with Crippen LogP contribution in [0.15, 0.2) is 67.4 Å². The first-order valence-electron chi connectivity index (χ1n) is 13.6. The molecule has 0 saturated carbocycles. The summed E-state index contributed by atoms with van der Waals surface area (Å²) in [6, 6.07) is 10.7. The van der Waals surface area contributed by atoms with Gasteiger partial charge in [-0.05, 0) is 54.9 Å². The molecule has 0 aliphatic carbocycles. The number of halogens is 3. The number of carbonyl (C=O) groups is 1. The maximum atomic E-state index is 14.0. The van der Waals surface area contributed by atoms with Gasteiger partial charge in [-0.25, -0.2) is 19.9 Å². The Kier molecular flexibility index (Phi) is 8.74. The van der Waals surface area contributed by atoms with Gasteiger partial charge in [0.15, 0.2) is 0 Å².